The van der Waals surface area contributed by atoms with Gasteiger partial charge in [0.1, 0.15) is 23.0 Å². The number of hydrogen-bond acceptors (Lipinski definition) is 9. The van der Waals surface area contributed by atoms with Crippen molar-refractivity contribution in [2.75, 3.05) is 24.1 Å². The van der Waals surface area contributed by atoms with Crippen LogP contribution in [0.1, 0.15) is 11.1 Å². The lowest BCUT2D eigenvalue weighted by Gasteiger charge is -2.08. The number of nitrogens with two attached hydrogens (primary N) is 1. The first kappa shape index (κ1) is 21.8. The van der Waals surface area contributed by atoms with Gasteiger partial charge < -0.3 is 25.0 Å². The molecular weight excluding hydrogens is 456 g/mol. The number of nitrogen functional groups attached to an aromatic ring is 1. The minimum atomic E-state index is -0.245. The number of aromatic nitrogens is 4. The van der Waals surface area contributed by atoms with Crippen molar-refractivity contribution in [1.82, 2.24) is 19.9 Å². The predicted molar refractivity (Wildman–Crippen MR) is 128 cm³/mol. The lowest BCUT2D eigenvalue weighted by molar-refractivity contribution is -0.116. The second kappa shape index (κ2) is 8.75. The number of fused-ring (bicyclic) bond motifs is 1. The molecule has 0 bridgehead atoms. The molecule has 10 nitrogen and oxygen atoms in total. The molecule has 3 heterocycles. The molecule has 4 aromatic rings. The number of ether oxygens (including phenoxy) is 2. The molecule has 0 fully saturated rings. The van der Waals surface area contributed by atoms with Crippen LogP contribution in [0.5, 0.6) is 11.5 Å². The van der Waals surface area contributed by atoms with Crippen LogP contribution in [0.4, 0.5) is 11.5 Å². The number of hydrogen-bond donors (Lipinski definition) is 2. The maximum Gasteiger partial charge on any atom is 0.264 e. The zero-order valence-electron chi connectivity index (χ0n) is 18.8. The number of rotatable bonds is 6. The predicted octanol–water partition coefficient (Wildman–Crippen LogP) is 3.89. The molecule has 0 atom stereocenters. The van der Waals surface area contributed by atoms with Crippen LogP contribution in [-0.4, -0.2) is 38.9 Å². The summed E-state index contributed by atoms with van der Waals surface area (Å²) in [7, 11) is 0. The van der Waals surface area contributed by atoms with Gasteiger partial charge in [-0.3, -0.25) is 4.79 Å². The molecule has 2 aromatic carbocycles. The van der Waals surface area contributed by atoms with E-state index in [1.807, 2.05) is 44.4 Å². The maximum atomic E-state index is 12.7. The highest BCUT2D eigenvalue weighted by atomic mass is 32.2. The zero-order chi connectivity index (χ0) is 23.8. The Labute approximate surface area is 199 Å². The van der Waals surface area contributed by atoms with Gasteiger partial charge in [-0.25, -0.2) is 4.68 Å². The molecule has 34 heavy (non-hydrogen) atoms. The summed E-state index contributed by atoms with van der Waals surface area (Å²) in [5, 5.41) is 12.0. The van der Waals surface area contributed by atoms with E-state index in [1.54, 1.807) is 12.1 Å². The van der Waals surface area contributed by atoms with Gasteiger partial charge in [-0.1, -0.05) is 11.2 Å². The Morgan fingerprint density at radius 2 is 1.91 bits per heavy atom. The summed E-state index contributed by atoms with van der Waals surface area (Å²) in [5.74, 6) is 1.90. The third kappa shape index (κ3) is 4.17. The summed E-state index contributed by atoms with van der Waals surface area (Å²) in [6.45, 7) is 4.08. The van der Waals surface area contributed by atoms with Crippen LogP contribution in [0.2, 0.25) is 0 Å². The molecule has 174 valence electrons. The van der Waals surface area contributed by atoms with E-state index in [0.717, 1.165) is 16.8 Å². The van der Waals surface area contributed by atoms with Crippen molar-refractivity contribution in [1.29, 1.82) is 0 Å². The Morgan fingerprint density at radius 3 is 2.68 bits per heavy atom. The quantitative estimate of drug-likeness (QED) is 0.396. The van der Waals surface area contributed by atoms with Gasteiger partial charge in [0, 0.05) is 11.3 Å². The molecule has 0 saturated carbocycles. The summed E-state index contributed by atoms with van der Waals surface area (Å²) in [6.07, 6.45) is 1.86. The van der Waals surface area contributed by atoms with Gasteiger partial charge in [-0.15, -0.1) is 11.8 Å². The zero-order valence-corrected chi connectivity index (χ0v) is 19.6. The SMILES string of the molecule is CSc1nn(CC(=O)Nc2cc(C)cc(C)c2)c(N)c1-c1nc(-c2ccc3c(c2)OCO3)no1. The van der Waals surface area contributed by atoms with Crippen molar-refractivity contribution in [2.45, 2.75) is 25.4 Å². The number of carbonyl (C=O) groups excluding carboxylic acids is 1. The topological polar surface area (TPSA) is 130 Å². The Kier molecular flexibility index (Phi) is 5.62. The van der Waals surface area contributed by atoms with Crippen molar-refractivity contribution in [3.8, 4) is 34.3 Å². The number of benzene rings is 2. The van der Waals surface area contributed by atoms with Crippen molar-refractivity contribution >= 4 is 29.2 Å². The molecule has 11 heteroatoms. The largest absolute Gasteiger partial charge is 0.454 e. The van der Waals surface area contributed by atoms with Gasteiger partial charge in [0.2, 0.25) is 18.5 Å². The molecular formula is C23H22N6O4S. The molecule has 1 aliphatic rings. The van der Waals surface area contributed by atoms with Crippen molar-refractivity contribution < 1.29 is 18.8 Å². The van der Waals surface area contributed by atoms with E-state index in [1.165, 1.54) is 16.4 Å². The fourth-order valence-corrected chi connectivity index (χ4v) is 4.35. The van der Waals surface area contributed by atoms with E-state index in [-0.39, 0.29) is 31.0 Å². The highest BCUT2D eigenvalue weighted by molar-refractivity contribution is 7.98. The second-order valence-corrected chi connectivity index (χ2v) is 8.64. The van der Waals surface area contributed by atoms with Crippen LogP contribution < -0.4 is 20.5 Å². The minimum absolute atomic E-state index is 0.0600. The van der Waals surface area contributed by atoms with Crippen molar-refractivity contribution in [3.05, 3.63) is 47.5 Å². The summed E-state index contributed by atoms with van der Waals surface area (Å²) in [4.78, 5) is 17.2. The molecule has 1 aliphatic heterocycles. The number of thioether (sulfide) groups is 1. The first-order chi connectivity index (χ1) is 16.4. The number of aryl methyl sites for hydroxylation is 2. The van der Waals surface area contributed by atoms with Crippen LogP contribution >= 0.6 is 11.8 Å². The molecule has 0 aliphatic carbocycles. The van der Waals surface area contributed by atoms with Crippen molar-refractivity contribution in [3.63, 3.8) is 0 Å². The second-order valence-electron chi connectivity index (χ2n) is 7.84. The van der Waals surface area contributed by atoms with Gasteiger partial charge in [0.15, 0.2) is 11.5 Å². The van der Waals surface area contributed by atoms with Gasteiger partial charge in [-0.05, 0) is 61.6 Å². The normalized spacial score (nSPS) is 12.2. The number of nitrogens with one attached hydrogen (secondary N) is 1. The van der Waals surface area contributed by atoms with Gasteiger partial charge in [-0.2, -0.15) is 10.1 Å². The molecule has 0 spiro atoms. The molecule has 0 saturated heterocycles. The minimum Gasteiger partial charge on any atom is -0.454 e. The van der Waals surface area contributed by atoms with Gasteiger partial charge in [0.25, 0.3) is 5.89 Å². The number of amides is 1. The Morgan fingerprint density at radius 1 is 1.15 bits per heavy atom. The summed E-state index contributed by atoms with van der Waals surface area (Å²) < 4.78 is 17.7. The average molecular weight is 479 g/mol. The smallest absolute Gasteiger partial charge is 0.264 e. The molecule has 0 unspecified atom stereocenters. The van der Waals surface area contributed by atoms with Crippen LogP contribution in [0.25, 0.3) is 22.8 Å². The van der Waals surface area contributed by atoms with Gasteiger partial charge in [0.05, 0.1) is 0 Å². The summed E-state index contributed by atoms with van der Waals surface area (Å²) >= 11 is 1.37. The first-order valence-corrected chi connectivity index (χ1v) is 11.7. The van der Waals surface area contributed by atoms with E-state index in [0.29, 0.717) is 33.5 Å². The average Bonchev–Trinajstić information content (AvgIpc) is 3.51. The highest BCUT2D eigenvalue weighted by Crippen LogP contribution is 2.37. The molecule has 1 amide bonds. The lowest BCUT2D eigenvalue weighted by atomic mass is 10.1. The number of nitrogens with zero attached hydrogens (tertiary/aromatic N) is 4. The number of anilines is 2. The van der Waals surface area contributed by atoms with Crippen LogP contribution in [0, 0.1) is 13.8 Å². The van der Waals surface area contributed by atoms with Crippen LogP contribution in [0.15, 0.2) is 45.9 Å². The maximum absolute atomic E-state index is 12.7. The Balaban J connectivity index is 1.39. The fourth-order valence-electron chi connectivity index (χ4n) is 3.78. The Hall–Kier alpha value is -3.99. The standard InChI is InChI=1S/C23H22N6O4S/c1-12-6-13(2)8-15(7-12)25-18(30)10-29-20(24)19(23(27-29)34-3)22-26-21(28-33-22)14-4-5-16-17(9-14)32-11-31-16/h4-9H,10-11,24H2,1-3H3,(H,25,30). The molecule has 0 radical (unpaired) electrons. The lowest BCUT2D eigenvalue weighted by Crippen LogP contribution is -2.20. The van der Waals surface area contributed by atoms with E-state index < -0.39 is 0 Å². The highest BCUT2D eigenvalue weighted by Gasteiger charge is 2.24. The monoisotopic (exact) mass is 478 g/mol. The van der Waals surface area contributed by atoms with Crippen LogP contribution in [0.3, 0.4) is 0 Å². The van der Waals surface area contributed by atoms with E-state index in [9.17, 15) is 4.79 Å². The molecule has 3 N–H and O–H groups in total. The fraction of sp³-hybridized carbons (Fsp3) is 0.217. The van der Waals surface area contributed by atoms with Crippen molar-refractivity contribution in [2.24, 2.45) is 0 Å². The molecule has 5 rings (SSSR count). The van der Waals surface area contributed by atoms with Crippen LogP contribution in [-0.2, 0) is 11.3 Å². The van der Waals surface area contributed by atoms with E-state index in [4.69, 9.17) is 19.7 Å². The summed E-state index contributed by atoms with van der Waals surface area (Å²) in [5.41, 5.74) is 10.4. The third-order valence-electron chi connectivity index (χ3n) is 5.22. The first-order valence-electron chi connectivity index (χ1n) is 10.4. The third-order valence-corrected chi connectivity index (χ3v) is 5.89. The van der Waals surface area contributed by atoms with Gasteiger partial charge >= 0.3 is 0 Å². The van der Waals surface area contributed by atoms with E-state index in [2.05, 4.69) is 20.6 Å². The molecule has 2 aromatic heterocycles. The Bertz CT molecular complexity index is 1380. The van der Waals surface area contributed by atoms with E-state index >= 15 is 0 Å². The number of carbonyl (C=O) groups is 1. The summed E-state index contributed by atoms with van der Waals surface area (Å²) in [6, 6.07) is 11.3.